The van der Waals surface area contributed by atoms with E-state index in [0.29, 0.717) is 28.9 Å². The molecule has 1 saturated heterocycles. The Labute approximate surface area is 131 Å². The molecule has 1 fully saturated rings. The Morgan fingerprint density at radius 2 is 1.87 bits per heavy atom. The maximum atomic E-state index is 13.2. The molecule has 3 rings (SSSR count). The van der Waals surface area contributed by atoms with E-state index in [4.69, 9.17) is 4.74 Å². The molecule has 1 unspecified atom stereocenters. The van der Waals surface area contributed by atoms with Gasteiger partial charge in [0.2, 0.25) is 0 Å². The summed E-state index contributed by atoms with van der Waals surface area (Å²) in [6.07, 6.45) is 0.417. The zero-order valence-corrected chi connectivity index (χ0v) is 12.6. The third-order valence-electron chi connectivity index (χ3n) is 4.48. The van der Waals surface area contributed by atoms with Gasteiger partial charge in [0.1, 0.15) is 5.82 Å². The van der Waals surface area contributed by atoms with Gasteiger partial charge < -0.3 is 14.9 Å². The molecule has 2 aliphatic rings. The molecule has 2 atom stereocenters. The third-order valence-corrected chi connectivity index (χ3v) is 4.48. The van der Waals surface area contributed by atoms with Gasteiger partial charge >= 0.3 is 11.9 Å². The summed E-state index contributed by atoms with van der Waals surface area (Å²) in [5.74, 6) is -3.35. The molecule has 0 saturated carbocycles. The Morgan fingerprint density at radius 3 is 2.35 bits per heavy atom. The summed E-state index contributed by atoms with van der Waals surface area (Å²) in [7, 11) is 0. The predicted molar refractivity (Wildman–Crippen MR) is 78.9 cm³/mol. The zero-order valence-electron chi connectivity index (χ0n) is 12.6. The molecule has 1 aliphatic heterocycles. The average molecular weight is 318 g/mol. The highest BCUT2D eigenvalue weighted by molar-refractivity contribution is 6.06. The number of aliphatic carboxylic acids is 2. The summed E-state index contributed by atoms with van der Waals surface area (Å²) in [4.78, 5) is 23.4. The van der Waals surface area contributed by atoms with Crippen LogP contribution >= 0.6 is 0 Å². The molecular weight excluding hydrogens is 303 g/mol. The van der Waals surface area contributed by atoms with Crippen LogP contribution in [-0.2, 0) is 14.3 Å². The second kappa shape index (κ2) is 4.94. The maximum absolute atomic E-state index is 13.2. The Hall–Kier alpha value is -2.63. The summed E-state index contributed by atoms with van der Waals surface area (Å²) in [5.41, 5.74) is -0.0826. The quantitative estimate of drug-likeness (QED) is 0.834. The number of ether oxygens (including phenoxy) is 1. The molecule has 0 radical (unpaired) electrons. The van der Waals surface area contributed by atoms with E-state index in [9.17, 15) is 24.2 Å². The van der Waals surface area contributed by atoms with Gasteiger partial charge in [0.15, 0.2) is 5.76 Å². The van der Waals surface area contributed by atoms with Crippen LogP contribution in [0.2, 0.25) is 0 Å². The fraction of sp³-hybridized carbons (Fsp3) is 0.294. The molecule has 0 bridgehead atoms. The second-order valence-electron chi connectivity index (χ2n) is 5.63. The first-order valence-corrected chi connectivity index (χ1v) is 7.24. The zero-order chi connectivity index (χ0) is 16.9. The van der Waals surface area contributed by atoms with Crippen LogP contribution in [0.25, 0.3) is 5.57 Å². The van der Waals surface area contributed by atoms with Crippen LogP contribution in [-0.4, -0.2) is 27.8 Å². The van der Waals surface area contributed by atoms with E-state index in [1.165, 1.54) is 31.2 Å². The number of hydrogen-bond donors (Lipinski definition) is 2. The van der Waals surface area contributed by atoms with E-state index in [-0.39, 0.29) is 5.57 Å². The number of hydrogen-bond acceptors (Lipinski definition) is 3. The van der Waals surface area contributed by atoms with Gasteiger partial charge in [0, 0.05) is 11.5 Å². The molecular formula is C17H15FO5. The minimum absolute atomic E-state index is 0.0166. The van der Waals surface area contributed by atoms with Crippen LogP contribution in [0.1, 0.15) is 25.8 Å². The largest absolute Gasteiger partial charge is 0.478 e. The predicted octanol–water partition coefficient (Wildman–Crippen LogP) is 2.83. The van der Waals surface area contributed by atoms with Crippen LogP contribution in [0, 0.1) is 11.7 Å². The van der Waals surface area contributed by atoms with Crippen molar-refractivity contribution in [1.82, 2.24) is 0 Å². The lowest BCUT2D eigenvalue weighted by Gasteiger charge is -2.24. The van der Waals surface area contributed by atoms with E-state index in [1.54, 1.807) is 6.92 Å². The number of rotatable bonds is 4. The summed E-state index contributed by atoms with van der Waals surface area (Å²) >= 11 is 0. The van der Waals surface area contributed by atoms with Crippen molar-refractivity contribution in [3.05, 3.63) is 52.6 Å². The van der Waals surface area contributed by atoms with E-state index < -0.39 is 29.3 Å². The number of halogens is 1. The molecule has 2 N–H and O–H groups in total. The second-order valence-corrected chi connectivity index (χ2v) is 5.63. The van der Waals surface area contributed by atoms with Crippen molar-refractivity contribution in [1.29, 1.82) is 0 Å². The van der Waals surface area contributed by atoms with Gasteiger partial charge in [-0.15, -0.1) is 0 Å². The van der Waals surface area contributed by atoms with Gasteiger partial charge in [0.05, 0.1) is 5.57 Å². The summed E-state index contributed by atoms with van der Waals surface area (Å²) in [6.45, 7) is 3.33. The van der Waals surface area contributed by atoms with E-state index in [2.05, 4.69) is 0 Å². The lowest BCUT2D eigenvalue weighted by molar-refractivity contribution is -0.145. The first-order chi connectivity index (χ1) is 10.8. The molecule has 6 heteroatoms. The van der Waals surface area contributed by atoms with Gasteiger partial charge in [0.25, 0.3) is 5.60 Å². The number of benzene rings is 1. The molecule has 5 nitrogen and oxygen atoms in total. The first kappa shape index (κ1) is 15.3. The van der Waals surface area contributed by atoms with Crippen LogP contribution < -0.4 is 0 Å². The van der Waals surface area contributed by atoms with Crippen molar-refractivity contribution in [3.63, 3.8) is 0 Å². The topological polar surface area (TPSA) is 87.1 Å². The van der Waals surface area contributed by atoms with Gasteiger partial charge in [-0.2, -0.15) is 0 Å². The summed E-state index contributed by atoms with van der Waals surface area (Å²) < 4.78 is 18.6. The average Bonchev–Trinajstić information content (AvgIpc) is 3.25. The molecule has 0 amide bonds. The number of carboxylic acids is 2. The normalized spacial score (nSPS) is 25.8. The maximum Gasteiger partial charge on any atom is 0.356 e. The Morgan fingerprint density at radius 1 is 1.26 bits per heavy atom. The van der Waals surface area contributed by atoms with Crippen molar-refractivity contribution in [2.75, 3.05) is 0 Å². The molecule has 1 aliphatic carbocycles. The summed E-state index contributed by atoms with van der Waals surface area (Å²) in [6, 6.07) is 5.48. The molecule has 23 heavy (non-hydrogen) atoms. The van der Waals surface area contributed by atoms with Crippen molar-refractivity contribution < 1.29 is 28.9 Å². The molecule has 120 valence electrons. The Kier molecular flexibility index (Phi) is 3.28. The lowest BCUT2D eigenvalue weighted by atomic mass is 9.74. The monoisotopic (exact) mass is 318 g/mol. The highest BCUT2D eigenvalue weighted by Gasteiger charge is 2.69. The van der Waals surface area contributed by atoms with Gasteiger partial charge in [-0.3, -0.25) is 0 Å². The van der Waals surface area contributed by atoms with Crippen molar-refractivity contribution >= 4 is 17.5 Å². The molecule has 1 aromatic carbocycles. The van der Waals surface area contributed by atoms with Gasteiger partial charge in [-0.1, -0.05) is 26.0 Å². The minimum Gasteiger partial charge on any atom is -0.478 e. The molecule has 1 aromatic rings. The van der Waals surface area contributed by atoms with E-state index in [0.717, 1.165) is 0 Å². The number of allylic oxidation sites excluding steroid dienone is 2. The van der Waals surface area contributed by atoms with Crippen molar-refractivity contribution in [3.8, 4) is 0 Å². The number of carboxylic acid groups (broad SMARTS) is 2. The lowest BCUT2D eigenvalue weighted by Crippen LogP contribution is -2.37. The van der Waals surface area contributed by atoms with Crippen molar-refractivity contribution in [2.24, 2.45) is 5.92 Å². The molecule has 0 aromatic heterocycles. The fourth-order valence-electron chi connectivity index (χ4n) is 3.30. The van der Waals surface area contributed by atoms with Crippen LogP contribution in [0.4, 0.5) is 4.39 Å². The highest BCUT2D eigenvalue weighted by Crippen LogP contribution is 2.58. The van der Waals surface area contributed by atoms with Crippen molar-refractivity contribution in [2.45, 2.75) is 25.9 Å². The fourth-order valence-corrected chi connectivity index (χ4v) is 3.30. The van der Waals surface area contributed by atoms with E-state index >= 15 is 0 Å². The Balaban J connectivity index is 2.27. The number of fused-ring (bicyclic) bond motifs is 1. The minimum atomic E-state index is -1.58. The Bertz CT molecular complexity index is 775. The van der Waals surface area contributed by atoms with E-state index in [1.807, 2.05) is 0 Å². The van der Waals surface area contributed by atoms with Gasteiger partial charge in [-0.05, 0) is 29.7 Å². The number of epoxide rings is 1. The SMILES string of the molecule is CCC1=C2OC2(C(=O)O)[C@H](C)C(C(=O)O)=C1c1ccc(F)cc1. The molecule has 1 heterocycles. The molecule has 0 spiro atoms. The van der Waals surface area contributed by atoms with Crippen LogP contribution in [0.3, 0.4) is 0 Å². The standard InChI is InChI=1S/C17H15FO5/c1-3-11-13(9-4-6-10(18)7-5-9)12(15(19)20)8(2)17(16(21)22)14(11)23-17/h4-8H,3H2,1-2H3,(H,19,20)(H,21,22)/t8-,17?/m1/s1. The smallest absolute Gasteiger partial charge is 0.356 e. The number of carbonyl (C=O) groups is 2. The van der Waals surface area contributed by atoms with Crippen LogP contribution in [0.5, 0.6) is 0 Å². The van der Waals surface area contributed by atoms with Crippen LogP contribution in [0.15, 0.2) is 41.2 Å². The first-order valence-electron chi connectivity index (χ1n) is 7.24. The highest BCUT2D eigenvalue weighted by atomic mass is 19.1. The third kappa shape index (κ3) is 1.98. The summed E-state index contributed by atoms with van der Waals surface area (Å²) in [5, 5.41) is 19.1. The van der Waals surface area contributed by atoms with Gasteiger partial charge in [-0.25, -0.2) is 14.0 Å².